The molecule has 1 fully saturated rings. The van der Waals surface area contributed by atoms with Gasteiger partial charge in [0, 0.05) is 13.2 Å². The summed E-state index contributed by atoms with van der Waals surface area (Å²) in [5.74, 6) is 0.699. The quantitative estimate of drug-likeness (QED) is 0.490. The summed E-state index contributed by atoms with van der Waals surface area (Å²) in [7, 11) is 0. The Balaban J connectivity index is 2.21. The molecule has 1 aliphatic carbocycles. The molecule has 0 radical (unpaired) electrons. The Hall–Kier alpha value is -0.610. The monoisotopic (exact) mass is 271 g/mol. The highest BCUT2D eigenvalue weighted by molar-refractivity contribution is 5.80. The predicted molar refractivity (Wildman–Crippen MR) is 76.1 cm³/mol. The lowest BCUT2D eigenvalue weighted by molar-refractivity contribution is -0.151. The van der Waals surface area contributed by atoms with Crippen molar-refractivity contribution in [3.8, 4) is 0 Å². The van der Waals surface area contributed by atoms with E-state index in [9.17, 15) is 4.79 Å². The van der Waals surface area contributed by atoms with Crippen LogP contribution in [-0.2, 0) is 14.3 Å². The Bertz CT molecular complexity index is 266. The van der Waals surface area contributed by atoms with Gasteiger partial charge in [0.1, 0.15) is 5.54 Å². The minimum atomic E-state index is -0.624. The molecular weight excluding hydrogens is 242 g/mol. The van der Waals surface area contributed by atoms with Gasteiger partial charge in [-0.05, 0) is 39.2 Å². The second-order valence-corrected chi connectivity index (χ2v) is 5.53. The largest absolute Gasteiger partial charge is 0.465 e. The summed E-state index contributed by atoms with van der Waals surface area (Å²) in [6.07, 6.45) is 5.93. The summed E-state index contributed by atoms with van der Waals surface area (Å²) in [6, 6.07) is 0. The lowest BCUT2D eigenvalue weighted by Gasteiger charge is -2.28. The van der Waals surface area contributed by atoms with E-state index in [4.69, 9.17) is 9.47 Å². The fraction of sp³-hybridized carbons (Fsp3) is 0.933. The van der Waals surface area contributed by atoms with Gasteiger partial charge in [-0.1, -0.05) is 26.2 Å². The molecule has 1 atom stereocenters. The molecule has 1 N–H and O–H groups in total. The first-order valence-electron chi connectivity index (χ1n) is 7.62. The summed E-state index contributed by atoms with van der Waals surface area (Å²) in [4.78, 5) is 11.9. The molecule has 19 heavy (non-hydrogen) atoms. The SMILES string of the molecule is CCNC(C)(CCOCCC1CCC1)C(=O)OCC. The molecule has 0 heterocycles. The molecular formula is C15H29NO3. The number of carbonyl (C=O) groups excluding carboxylic acids is 1. The highest BCUT2D eigenvalue weighted by atomic mass is 16.5. The summed E-state index contributed by atoms with van der Waals surface area (Å²) in [5.41, 5.74) is -0.624. The Kier molecular flexibility index (Phi) is 7.39. The van der Waals surface area contributed by atoms with Gasteiger partial charge in [-0.3, -0.25) is 4.79 Å². The molecule has 0 spiro atoms. The standard InChI is InChI=1S/C15H29NO3/c1-4-16-15(3,14(17)19-5-2)10-12-18-11-9-13-7-6-8-13/h13,16H,4-12H2,1-3H3. The van der Waals surface area contributed by atoms with Gasteiger partial charge in [-0.2, -0.15) is 0 Å². The number of likely N-dealkylation sites (N-methyl/N-ethyl adjacent to an activating group) is 1. The van der Waals surface area contributed by atoms with Gasteiger partial charge in [0.25, 0.3) is 0 Å². The molecule has 0 amide bonds. The van der Waals surface area contributed by atoms with E-state index in [1.54, 1.807) is 0 Å². The van der Waals surface area contributed by atoms with Crippen LogP contribution in [0.25, 0.3) is 0 Å². The first-order chi connectivity index (χ1) is 9.12. The minimum absolute atomic E-state index is 0.181. The lowest BCUT2D eigenvalue weighted by atomic mass is 9.83. The van der Waals surface area contributed by atoms with Crippen LogP contribution in [-0.4, -0.2) is 37.9 Å². The van der Waals surface area contributed by atoms with E-state index in [1.165, 1.54) is 19.3 Å². The van der Waals surface area contributed by atoms with E-state index in [0.29, 0.717) is 19.6 Å². The molecule has 1 saturated carbocycles. The van der Waals surface area contributed by atoms with Crippen LogP contribution < -0.4 is 5.32 Å². The number of esters is 1. The van der Waals surface area contributed by atoms with Crippen molar-refractivity contribution in [3.63, 3.8) is 0 Å². The van der Waals surface area contributed by atoms with Crippen molar-refractivity contribution in [2.75, 3.05) is 26.4 Å². The van der Waals surface area contributed by atoms with E-state index in [2.05, 4.69) is 5.32 Å². The molecule has 0 aromatic heterocycles. The molecule has 0 aromatic rings. The number of rotatable bonds is 10. The van der Waals surface area contributed by atoms with Crippen molar-refractivity contribution < 1.29 is 14.3 Å². The molecule has 1 rings (SSSR count). The van der Waals surface area contributed by atoms with E-state index in [-0.39, 0.29) is 5.97 Å². The molecule has 0 saturated heterocycles. The van der Waals surface area contributed by atoms with Crippen LogP contribution >= 0.6 is 0 Å². The molecule has 0 aromatic carbocycles. The Morgan fingerprint density at radius 3 is 2.58 bits per heavy atom. The van der Waals surface area contributed by atoms with Crippen LogP contribution in [0, 0.1) is 5.92 Å². The van der Waals surface area contributed by atoms with Gasteiger partial charge in [-0.15, -0.1) is 0 Å². The predicted octanol–water partition coefficient (Wildman–Crippen LogP) is 2.51. The van der Waals surface area contributed by atoms with E-state index in [1.807, 2.05) is 20.8 Å². The van der Waals surface area contributed by atoms with Crippen molar-refractivity contribution in [1.29, 1.82) is 0 Å². The number of hydrogen-bond donors (Lipinski definition) is 1. The molecule has 0 bridgehead atoms. The average molecular weight is 271 g/mol. The van der Waals surface area contributed by atoms with Crippen LogP contribution in [0.15, 0.2) is 0 Å². The second-order valence-electron chi connectivity index (χ2n) is 5.53. The summed E-state index contributed by atoms with van der Waals surface area (Å²) in [6.45, 7) is 8.31. The normalized spacial score (nSPS) is 18.7. The number of carbonyl (C=O) groups is 1. The summed E-state index contributed by atoms with van der Waals surface area (Å²) >= 11 is 0. The van der Waals surface area contributed by atoms with Crippen molar-refractivity contribution in [1.82, 2.24) is 5.32 Å². The maximum Gasteiger partial charge on any atom is 0.326 e. The zero-order valence-corrected chi connectivity index (χ0v) is 12.7. The van der Waals surface area contributed by atoms with Gasteiger partial charge < -0.3 is 14.8 Å². The van der Waals surface area contributed by atoms with E-state index in [0.717, 1.165) is 25.5 Å². The highest BCUT2D eigenvalue weighted by Gasteiger charge is 2.33. The topological polar surface area (TPSA) is 47.6 Å². The zero-order chi connectivity index (χ0) is 14.1. The maximum atomic E-state index is 11.9. The third-order valence-corrected chi connectivity index (χ3v) is 3.93. The molecule has 112 valence electrons. The first-order valence-corrected chi connectivity index (χ1v) is 7.62. The van der Waals surface area contributed by atoms with Crippen molar-refractivity contribution >= 4 is 5.97 Å². The van der Waals surface area contributed by atoms with Crippen LogP contribution in [0.1, 0.15) is 52.9 Å². The van der Waals surface area contributed by atoms with Crippen molar-refractivity contribution in [2.24, 2.45) is 5.92 Å². The number of hydrogen-bond acceptors (Lipinski definition) is 4. The molecule has 1 aliphatic rings. The van der Waals surface area contributed by atoms with Gasteiger partial charge in [0.15, 0.2) is 0 Å². The van der Waals surface area contributed by atoms with E-state index < -0.39 is 5.54 Å². The molecule has 1 unspecified atom stereocenters. The highest BCUT2D eigenvalue weighted by Crippen LogP contribution is 2.29. The fourth-order valence-electron chi connectivity index (χ4n) is 2.35. The summed E-state index contributed by atoms with van der Waals surface area (Å²) in [5, 5.41) is 3.21. The van der Waals surface area contributed by atoms with Crippen LogP contribution in [0.5, 0.6) is 0 Å². The third kappa shape index (κ3) is 5.49. The molecule has 0 aliphatic heterocycles. The Labute approximate surface area is 117 Å². The summed E-state index contributed by atoms with van der Waals surface area (Å²) < 4.78 is 10.8. The van der Waals surface area contributed by atoms with Gasteiger partial charge in [0.2, 0.25) is 0 Å². The Morgan fingerprint density at radius 1 is 1.32 bits per heavy atom. The van der Waals surface area contributed by atoms with Crippen molar-refractivity contribution in [2.45, 2.75) is 58.4 Å². The Morgan fingerprint density at radius 2 is 2.05 bits per heavy atom. The first kappa shape index (κ1) is 16.4. The van der Waals surface area contributed by atoms with Crippen LogP contribution in [0.4, 0.5) is 0 Å². The maximum absolute atomic E-state index is 11.9. The molecule has 4 heteroatoms. The van der Waals surface area contributed by atoms with Gasteiger partial charge in [0.05, 0.1) is 6.61 Å². The number of ether oxygens (including phenoxy) is 2. The third-order valence-electron chi connectivity index (χ3n) is 3.93. The average Bonchev–Trinajstić information content (AvgIpc) is 2.32. The van der Waals surface area contributed by atoms with Crippen LogP contribution in [0.2, 0.25) is 0 Å². The minimum Gasteiger partial charge on any atom is -0.465 e. The zero-order valence-electron chi connectivity index (χ0n) is 12.7. The van der Waals surface area contributed by atoms with Gasteiger partial charge >= 0.3 is 5.97 Å². The fourth-order valence-corrected chi connectivity index (χ4v) is 2.35. The molecule has 4 nitrogen and oxygen atoms in total. The van der Waals surface area contributed by atoms with Crippen molar-refractivity contribution in [3.05, 3.63) is 0 Å². The lowest BCUT2D eigenvalue weighted by Crippen LogP contribution is -2.51. The second kappa shape index (κ2) is 8.54. The smallest absolute Gasteiger partial charge is 0.326 e. The van der Waals surface area contributed by atoms with Crippen LogP contribution in [0.3, 0.4) is 0 Å². The number of nitrogens with one attached hydrogen (secondary N) is 1. The van der Waals surface area contributed by atoms with Gasteiger partial charge in [-0.25, -0.2) is 0 Å². The van der Waals surface area contributed by atoms with E-state index >= 15 is 0 Å².